The first kappa shape index (κ1) is 16.9. The highest BCUT2D eigenvalue weighted by atomic mass is 79.9. The van der Waals surface area contributed by atoms with E-state index >= 15 is 0 Å². The molecule has 1 amide bonds. The maximum Gasteiger partial charge on any atom is 0.325 e. The fraction of sp³-hybridized carbons (Fsp3) is 0.125. The summed E-state index contributed by atoms with van der Waals surface area (Å²) < 4.78 is 3.83. The zero-order valence-corrected chi connectivity index (χ0v) is 14.5. The van der Waals surface area contributed by atoms with E-state index in [2.05, 4.69) is 31.4 Å². The van der Waals surface area contributed by atoms with Gasteiger partial charge in [-0.05, 0) is 23.8 Å². The van der Waals surface area contributed by atoms with Crippen LogP contribution in [0.1, 0.15) is 16.1 Å². The van der Waals surface area contributed by atoms with E-state index in [4.69, 9.17) is 5.11 Å². The minimum Gasteiger partial charge on any atom is -0.480 e. The highest BCUT2D eigenvalue weighted by molar-refractivity contribution is 9.10. The predicted octanol–water partition coefficient (Wildman–Crippen LogP) is 2.23. The molecule has 2 heterocycles. The van der Waals surface area contributed by atoms with Crippen LogP contribution in [-0.2, 0) is 17.9 Å². The molecule has 9 heteroatoms. The predicted molar refractivity (Wildman–Crippen MR) is 93.3 cm³/mol. The van der Waals surface area contributed by atoms with Gasteiger partial charge in [-0.15, -0.1) is 0 Å². The minimum atomic E-state index is -1.07. The lowest BCUT2D eigenvalue weighted by atomic mass is 10.2. The summed E-state index contributed by atoms with van der Waals surface area (Å²) in [4.78, 5) is 23.1. The molecule has 0 fully saturated rings. The summed E-state index contributed by atoms with van der Waals surface area (Å²) in [6, 6.07) is 9.32. The van der Waals surface area contributed by atoms with Gasteiger partial charge in [0.2, 0.25) is 0 Å². The number of rotatable bonds is 6. The first-order valence-electron chi connectivity index (χ1n) is 7.33. The lowest BCUT2D eigenvalue weighted by Gasteiger charge is -2.05. The summed E-state index contributed by atoms with van der Waals surface area (Å²) in [5, 5.41) is 19.6. The number of halogens is 1. The van der Waals surface area contributed by atoms with Gasteiger partial charge in [0.05, 0.1) is 18.4 Å². The smallest absolute Gasteiger partial charge is 0.325 e. The molecule has 128 valence electrons. The molecule has 0 atom stereocenters. The van der Waals surface area contributed by atoms with Crippen molar-refractivity contribution >= 4 is 33.5 Å². The third-order valence-electron chi connectivity index (χ3n) is 3.38. The van der Waals surface area contributed by atoms with Crippen molar-refractivity contribution in [3.05, 3.63) is 64.7 Å². The molecular weight excluding hydrogens is 390 g/mol. The van der Waals surface area contributed by atoms with E-state index in [0.717, 1.165) is 14.7 Å². The second kappa shape index (κ2) is 7.31. The zero-order chi connectivity index (χ0) is 17.8. The quantitative estimate of drug-likeness (QED) is 0.656. The number of carboxylic acids is 1. The van der Waals surface area contributed by atoms with E-state index in [1.54, 1.807) is 10.9 Å². The number of nitrogens with one attached hydrogen (secondary N) is 1. The number of amides is 1. The van der Waals surface area contributed by atoms with Crippen molar-refractivity contribution in [2.75, 3.05) is 5.32 Å². The molecular formula is C16H14BrN5O3. The Morgan fingerprint density at radius 3 is 2.64 bits per heavy atom. The van der Waals surface area contributed by atoms with Gasteiger partial charge in [-0.1, -0.05) is 28.1 Å². The molecule has 0 aliphatic carbocycles. The van der Waals surface area contributed by atoms with Crippen molar-refractivity contribution in [2.24, 2.45) is 0 Å². The number of anilines is 1. The van der Waals surface area contributed by atoms with Gasteiger partial charge in [0.1, 0.15) is 12.2 Å². The fourth-order valence-corrected chi connectivity index (χ4v) is 2.53. The number of aliphatic carboxylic acids is 1. The van der Waals surface area contributed by atoms with E-state index in [-0.39, 0.29) is 12.2 Å². The third kappa shape index (κ3) is 4.32. The number of carbonyl (C=O) groups excluding carboxylic acids is 1. The van der Waals surface area contributed by atoms with Crippen LogP contribution in [0.3, 0.4) is 0 Å². The Bertz CT molecular complexity index is 901. The fourth-order valence-electron chi connectivity index (χ4n) is 2.27. The maximum absolute atomic E-state index is 12.3. The van der Waals surface area contributed by atoms with Crippen molar-refractivity contribution in [3.63, 3.8) is 0 Å². The molecule has 2 aromatic heterocycles. The van der Waals surface area contributed by atoms with Crippen LogP contribution in [0.15, 0.2) is 53.4 Å². The summed E-state index contributed by atoms with van der Waals surface area (Å²) in [5.74, 6) is -1.51. The molecule has 25 heavy (non-hydrogen) atoms. The lowest BCUT2D eigenvalue weighted by Crippen LogP contribution is -2.20. The molecule has 0 spiro atoms. The molecule has 2 N–H and O–H groups in total. The number of nitrogens with zero attached hydrogens (tertiary/aromatic N) is 4. The van der Waals surface area contributed by atoms with Crippen LogP contribution in [0.25, 0.3) is 0 Å². The summed E-state index contributed by atoms with van der Waals surface area (Å²) in [6.07, 6.45) is 4.63. The van der Waals surface area contributed by atoms with Crippen LogP contribution in [0, 0.1) is 0 Å². The van der Waals surface area contributed by atoms with Crippen LogP contribution >= 0.6 is 15.9 Å². The van der Waals surface area contributed by atoms with Crippen molar-refractivity contribution in [1.82, 2.24) is 19.6 Å². The molecule has 0 saturated carbocycles. The molecule has 0 unspecified atom stereocenters. The Balaban J connectivity index is 1.67. The largest absolute Gasteiger partial charge is 0.480 e. The highest BCUT2D eigenvalue weighted by Gasteiger charge is 2.15. The van der Waals surface area contributed by atoms with Crippen molar-refractivity contribution in [3.8, 4) is 0 Å². The zero-order valence-electron chi connectivity index (χ0n) is 13.0. The standard InChI is InChI=1S/C16H14BrN5O3/c17-12-3-1-11(2-4-12)8-21-9-13(7-19-21)20-16(25)14-5-6-18-22(14)10-15(23)24/h1-7,9H,8,10H2,(H,20,25)(H,23,24). The molecule has 3 rings (SSSR count). The molecule has 0 aliphatic heterocycles. The van der Waals surface area contributed by atoms with Crippen LogP contribution < -0.4 is 5.32 Å². The van der Waals surface area contributed by atoms with Gasteiger partial charge in [-0.3, -0.25) is 14.3 Å². The normalized spacial score (nSPS) is 10.6. The highest BCUT2D eigenvalue weighted by Crippen LogP contribution is 2.13. The monoisotopic (exact) mass is 403 g/mol. The van der Waals surface area contributed by atoms with Gasteiger partial charge < -0.3 is 10.4 Å². The van der Waals surface area contributed by atoms with E-state index in [0.29, 0.717) is 12.2 Å². The summed E-state index contributed by atoms with van der Waals surface area (Å²) in [7, 11) is 0. The van der Waals surface area contributed by atoms with E-state index in [1.807, 2.05) is 24.3 Å². The van der Waals surface area contributed by atoms with Crippen LogP contribution in [0.4, 0.5) is 5.69 Å². The number of aromatic nitrogens is 4. The van der Waals surface area contributed by atoms with Gasteiger partial charge in [-0.2, -0.15) is 10.2 Å². The summed E-state index contributed by atoms with van der Waals surface area (Å²) in [6.45, 7) is 0.193. The van der Waals surface area contributed by atoms with Gasteiger partial charge in [0.25, 0.3) is 5.91 Å². The maximum atomic E-state index is 12.3. The van der Waals surface area contributed by atoms with Crippen molar-refractivity contribution in [2.45, 2.75) is 13.1 Å². The molecule has 8 nitrogen and oxygen atoms in total. The van der Waals surface area contributed by atoms with Crippen LogP contribution in [-0.4, -0.2) is 36.5 Å². The Hall–Kier alpha value is -2.94. The Morgan fingerprint density at radius 1 is 1.16 bits per heavy atom. The molecule has 0 bridgehead atoms. The number of benzene rings is 1. The molecule has 0 saturated heterocycles. The second-order valence-corrected chi connectivity index (χ2v) is 6.19. The number of carboxylic acid groups (broad SMARTS) is 1. The van der Waals surface area contributed by atoms with E-state index in [9.17, 15) is 9.59 Å². The molecule has 0 radical (unpaired) electrons. The van der Waals surface area contributed by atoms with E-state index < -0.39 is 11.9 Å². The SMILES string of the molecule is O=C(O)Cn1nccc1C(=O)Nc1cnn(Cc2ccc(Br)cc2)c1. The number of hydrogen-bond acceptors (Lipinski definition) is 4. The average Bonchev–Trinajstić information content (AvgIpc) is 3.18. The van der Waals surface area contributed by atoms with Crippen LogP contribution in [0.2, 0.25) is 0 Å². The second-order valence-electron chi connectivity index (χ2n) is 5.28. The molecule has 0 aliphatic rings. The molecule has 3 aromatic rings. The van der Waals surface area contributed by atoms with Gasteiger partial charge in [-0.25, -0.2) is 4.68 Å². The Kier molecular flexibility index (Phi) is 4.94. The summed E-state index contributed by atoms with van der Waals surface area (Å²) >= 11 is 3.39. The Morgan fingerprint density at radius 2 is 1.92 bits per heavy atom. The van der Waals surface area contributed by atoms with Crippen molar-refractivity contribution in [1.29, 1.82) is 0 Å². The lowest BCUT2D eigenvalue weighted by molar-refractivity contribution is -0.137. The third-order valence-corrected chi connectivity index (χ3v) is 3.91. The number of hydrogen-bond donors (Lipinski definition) is 2. The topological polar surface area (TPSA) is 102 Å². The number of carbonyl (C=O) groups is 2. The van der Waals surface area contributed by atoms with Gasteiger partial charge in [0.15, 0.2) is 0 Å². The van der Waals surface area contributed by atoms with Crippen molar-refractivity contribution < 1.29 is 14.7 Å². The van der Waals surface area contributed by atoms with Gasteiger partial charge >= 0.3 is 5.97 Å². The first-order valence-corrected chi connectivity index (χ1v) is 8.12. The van der Waals surface area contributed by atoms with E-state index in [1.165, 1.54) is 18.5 Å². The Labute approximate surface area is 151 Å². The first-order chi connectivity index (χ1) is 12.0. The minimum absolute atomic E-state index is 0.169. The average molecular weight is 404 g/mol. The summed E-state index contributed by atoms with van der Waals surface area (Å²) in [5.41, 5.74) is 1.76. The van der Waals surface area contributed by atoms with Gasteiger partial charge in [0, 0.05) is 16.9 Å². The molecule has 1 aromatic carbocycles. The van der Waals surface area contributed by atoms with Crippen LogP contribution in [0.5, 0.6) is 0 Å².